The molecule has 6 heteroatoms. The molecule has 4 nitrogen and oxygen atoms in total. The molecule has 0 N–H and O–H groups in total. The Hall–Kier alpha value is -2.56. The molecule has 0 aliphatic carbocycles. The number of unbranched alkanes of at least 4 members (excludes halogenated alkanes) is 24. The molecule has 0 saturated heterocycles. The molecular formula is C48H70Cl2N2O2. The van der Waals surface area contributed by atoms with Crippen LogP contribution < -0.4 is 0 Å². The molecule has 2 aliphatic heterocycles. The minimum Gasteiger partial charge on any atom is -0.307 e. The second-order valence-corrected chi connectivity index (χ2v) is 16.7. The van der Waals surface area contributed by atoms with Crippen molar-refractivity contribution in [2.24, 2.45) is 0 Å². The third-order valence-corrected chi connectivity index (χ3v) is 11.9. The maximum atomic E-state index is 14.5. The van der Waals surface area contributed by atoms with Gasteiger partial charge in [-0.25, -0.2) is 0 Å². The van der Waals surface area contributed by atoms with Crippen LogP contribution in [0.2, 0.25) is 10.0 Å². The van der Waals surface area contributed by atoms with Crippen LogP contribution in [0, 0.1) is 0 Å². The van der Waals surface area contributed by atoms with Crippen LogP contribution in [0.4, 0.5) is 0 Å². The standard InChI is InChI=1S/C48H70Cl2N2O2/c1-3-5-7-9-11-13-15-17-19-21-23-25-27-37-51-45(39-29-33-41(49)34-30-39)43-44(47(51)53)46(40-31-35-42(50)36-32-40)52(48(43)54)38-28-26-24-22-20-18-16-14-12-10-8-6-4-2/h29-36H,3-28,37-38H2,1-2H3. The highest BCUT2D eigenvalue weighted by Crippen LogP contribution is 2.47. The minimum absolute atomic E-state index is 0.0694. The number of fused-ring (bicyclic) bond motifs is 1. The van der Waals surface area contributed by atoms with Crippen LogP contribution in [0.3, 0.4) is 0 Å². The second-order valence-electron chi connectivity index (χ2n) is 15.9. The lowest BCUT2D eigenvalue weighted by Gasteiger charge is -2.25. The van der Waals surface area contributed by atoms with Crippen molar-refractivity contribution >= 4 is 46.4 Å². The number of halogens is 2. The van der Waals surface area contributed by atoms with Crippen LogP contribution in [0.15, 0.2) is 59.7 Å². The Morgan fingerprint density at radius 1 is 0.370 bits per heavy atom. The van der Waals surface area contributed by atoms with Gasteiger partial charge in [-0.3, -0.25) is 9.59 Å². The topological polar surface area (TPSA) is 40.6 Å². The predicted molar refractivity (Wildman–Crippen MR) is 232 cm³/mol. The van der Waals surface area contributed by atoms with Gasteiger partial charge in [0.2, 0.25) is 0 Å². The number of carbonyl (C=O) groups excluding carboxylic acids is 2. The van der Waals surface area contributed by atoms with Gasteiger partial charge in [0.15, 0.2) is 0 Å². The van der Waals surface area contributed by atoms with Gasteiger partial charge in [0, 0.05) is 23.1 Å². The van der Waals surface area contributed by atoms with E-state index in [1.807, 2.05) is 58.3 Å². The average molecular weight is 778 g/mol. The minimum atomic E-state index is -0.0694. The number of benzene rings is 2. The van der Waals surface area contributed by atoms with Crippen LogP contribution in [-0.4, -0.2) is 34.7 Å². The van der Waals surface area contributed by atoms with Gasteiger partial charge >= 0.3 is 0 Å². The molecule has 0 bridgehead atoms. The van der Waals surface area contributed by atoms with E-state index in [0.717, 1.165) is 48.2 Å². The summed E-state index contributed by atoms with van der Waals surface area (Å²) < 4.78 is 0. The van der Waals surface area contributed by atoms with Gasteiger partial charge in [-0.15, -0.1) is 0 Å². The van der Waals surface area contributed by atoms with Crippen molar-refractivity contribution in [3.8, 4) is 0 Å². The molecule has 2 heterocycles. The van der Waals surface area contributed by atoms with Gasteiger partial charge in [-0.2, -0.15) is 0 Å². The zero-order valence-electron chi connectivity index (χ0n) is 33.9. The van der Waals surface area contributed by atoms with Crippen molar-refractivity contribution in [2.45, 2.75) is 181 Å². The highest BCUT2D eigenvalue weighted by atomic mass is 35.5. The summed E-state index contributed by atoms with van der Waals surface area (Å²) in [5, 5.41) is 1.27. The second kappa shape index (κ2) is 25.6. The Kier molecular flexibility index (Phi) is 20.9. The van der Waals surface area contributed by atoms with Crippen molar-refractivity contribution in [3.05, 3.63) is 80.8 Å². The largest absolute Gasteiger partial charge is 0.307 e. The Morgan fingerprint density at radius 3 is 0.870 bits per heavy atom. The van der Waals surface area contributed by atoms with Crippen LogP contribution >= 0.6 is 23.2 Å². The summed E-state index contributed by atoms with van der Waals surface area (Å²) in [6, 6.07) is 15.2. The molecule has 2 amide bonds. The van der Waals surface area contributed by atoms with Crippen molar-refractivity contribution < 1.29 is 9.59 Å². The summed E-state index contributed by atoms with van der Waals surface area (Å²) in [4.78, 5) is 32.8. The van der Waals surface area contributed by atoms with Crippen LogP contribution in [-0.2, 0) is 9.59 Å². The Bertz CT molecular complexity index is 1350. The molecule has 4 rings (SSSR count). The van der Waals surface area contributed by atoms with E-state index >= 15 is 0 Å². The third kappa shape index (κ3) is 13.9. The quantitative estimate of drug-likeness (QED) is 0.0741. The molecule has 298 valence electrons. The number of nitrogens with zero attached hydrogens (tertiary/aromatic N) is 2. The van der Waals surface area contributed by atoms with E-state index in [-0.39, 0.29) is 11.8 Å². The van der Waals surface area contributed by atoms with E-state index in [0.29, 0.717) is 34.3 Å². The molecular weight excluding hydrogens is 707 g/mol. The van der Waals surface area contributed by atoms with Gasteiger partial charge in [0.25, 0.3) is 11.8 Å². The van der Waals surface area contributed by atoms with E-state index in [9.17, 15) is 9.59 Å². The summed E-state index contributed by atoms with van der Waals surface area (Å²) in [6.07, 6.45) is 33.1. The first-order valence-corrected chi connectivity index (χ1v) is 22.9. The fourth-order valence-electron chi connectivity index (χ4n) is 8.21. The van der Waals surface area contributed by atoms with Gasteiger partial charge in [-0.05, 0) is 48.2 Å². The first-order chi connectivity index (χ1) is 26.5. The monoisotopic (exact) mass is 776 g/mol. The number of hydrogen-bond acceptors (Lipinski definition) is 2. The van der Waals surface area contributed by atoms with E-state index < -0.39 is 0 Å². The first kappa shape index (κ1) is 44.2. The van der Waals surface area contributed by atoms with Crippen LogP contribution in [0.25, 0.3) is 11.4 Å². The third-order valence-electron chi connectivity index (χ3n) is 11.4. The Morgan fingerprint density at radius 2 is 0.611 bits per heavy atom. The lowest BCUT2D eigenvalue weighted by molar-refractivity contribution is -0.124. The van der Waals surface area contributed by atoms with Crippen molar-refractivity contribution in [1.29, 1.82) is 0 Å². The SMILES string of the molecule is CCCCCCCCCCCCCCCN1C(=O)C2=C(c3ccc(Cl)cc3)N(CCCCCCCCCCCCCCC)C(=O)C2=C1c1ccc(Cl)cc1. The summed E-state index contributed by atoms with van der Waals surface area (Å²) in [5.74, 6) is -0.139. The summed E-state index contributed by atoms with van der Waals surface area (Å²) in [7, 11) is 0. The van der Waals surface area contributed by atoms with E-state index in [1.165, 1.54) is 141 Å². The summed E-state index contributed by atoms with van der Waals surface area (Å²) >= 11 is 12.6. The van der Waals surface area contributed by atoms with Gasteiger partial charge in [-0.1, -0.05) is 215 Å². The molecule has 0 saturated carbocycles. The maximum Gasteiger partial charge on any atom is 0.261 e. The maximum absolute atomic E-state index is 14.5. The molecule has 54 heavy (non-hydrogen) atoms. The molecule has 0 radical (unpaired) electrons. The zero-order valence-corrected chi connectivity index (χ0v) is 35.4. The molecule has 2 aromatic rings. The summed E-state index contributed by atoms with van der Waals surface area (Å²) in [5.41, 5.74) is 4.26. The zero-order chi connectivity index (χ0) is 38.4. The lowest BCUT2D eigenvalue weighted by Crippen LogP contribution is -2.31. The van der Waals surface area contributed by atoms with Crippen molar-refractivity contribution in [1.82, 2.24) is 9.80 Å². The number of carbonyl (C=O) groups is 2. The number of amides is 2. The van der Waals surface area contributed by atoms with Crippen LogP contribution in [0.1, 0.15) is 192 Å². The van der Waals surface area contributed by atoms with Crippen molar-refractivity contribution in [2.75, 3.05) is 13.1 Å². The molecule has 0 aromatic heterocycles. The highest BCUT2D eigenvalue weighted by molar-refractivity contribution is 6.32. The predicted octanol–water partition coefficient (Wildman–Crippen LogP) is 15.0. The van der Waals surface area contributed by atoms with Gasteiger partial charge in [0.1, 0.15) is 0 Å². The van der Waals surface area contributed by atoms with Crippen LogP contribution in [0.5, 0.6) is 0 Å². The van der Waals surface area contributed by atoms with Crippen molar-refractivity contribution in [3.63, 3.8) is 0 Å². The fraction of sp³-hybridized carbons (Fsp3) is 0.625. The molecule has 2 aliphatic rings. The fourth-order valence-corrected chi connectivity index (χ4v) is 8.47. The normalized spacial score (nSPS) is 14.4. The van der Waals surface area contributed by atoms with E-state index in [2.05, 4.69) is 13.8 Å². The van der Waals surface area contributed by atoms with E-state index in [4.69, 9.17) is 23.2 Å². The lowest BCUT2D eigenvalue weighted by atomic mass is 10.0. The molecule has 0 atom stereocenters. The Labute approximate surface area is 339 Å². The molecule has 0 spiro atoms. The highest BCUT2D eigenvalue weighted by Gasteiger charge is 2.48. The molecule has 0 fully saturated rings. The van der Waals surface area contributed by atoms with Gasteiger partial charge in [0.05, 0.1) is 22.5 Å². The smallest absolute Gasteiger partial charge is 0.261 e. The molecule has 2 aromatic carbocycles. The number of hydrogen-bond donors (Lipinski definition) is 0. The molecule has 0 unspecified atom stereocenters. The first-order valence-electron chi connectivity index (χ1n) is 22.1. The van der Waals surface area contributed by atoms with E-state index in [1.54, 1.807) is 0 Å². The number of rotatable bonds is 30. The van der Waals surface area contributed by atoms with Gasteiger partial charge < -0.3 is 9.80 Å². The average Bonchev–Trinajstić information content (AvgIpc) is 3.62. The summed E-state index contributed by atoms with van der Waals surface area (Å²) in [6.45, 7) is 5.74. The Balaban J connectivity index is 1.36.